The van der Waals surface area contributed by atoms with E-state index in [2.05, 4.69) is 53.1 Å². The maximum atomic E-state index is 13.7. The SMILES string of the molecule is COc1cc(/C=C/[C@@H]2C[C@H]3CN(Cc4ccccc4C)C(=O)[C@]34CCCN24)ccc1O. The smallest absolute Gasteiger partial charge is 0.243 e. The second-order valence-corrected chi connectivity index (χ2v) is 9.12. The molecule has 5 nitrogen and oxygen atoms in total. The third kappa shape index (κ3) is 3.23. The minimum absolute atomic E-state index is 0.146. The highest BCUT2D eigenvalue weighted by Crippen LogP contribution is 2.52. The van der Waals surface area contributed by atoms with E-state index >= 15 is 0 Å². The number of amides is 1. The quantitative estimate of drug-likeness (QED) is 0.798. The fourth-order valence-electron chi connectivity index (χ4n) is 5.96. The van der Waals surface area contributed by atoms with Gasteiger partial charge in [0.05, 0.1) is 7.11 Å². The number of carbonyl (C=O) groups is 1. The van der Waals surface area contributed by atoms with Crippen molar-refractivity contribution in [3.63, 3.8) is 0 Å². The van der Waals surface area contributed by atoms with Crippen LogP contribution in [0.5, 0.6) is 11.5 Å². The van der Waals surface area contributed by atoms with E-state index in [1.54, 1.807) is 13.2 Å². The van der Waals surface area contributed by atoms with E-state index in [0.717, 1.165) is 37.9 Å². The molecule has 0 aliphatic carbocycles. The topological polar surface area (TPSA) is 53.0 Å². The third-order valence-electron chi connectivity index (χ3n) is 7.51. The molecule has 3 heterocycles. The summed E-state index contributed by atoms with van der Waals surface area (Å²) in [7, 11) is 1.56. The molecule has 3 fully saturated rings. The van der Waals surface area contributed by atoms with Crippen LogP contribution in [0.15, 0.2) is 48.5 Å². The number of aryl methyl sites for hydroxylation is 1. The van der Waals surface area contributed by atoms with E-state index < -0.39 is 0 Å². The van der Waals surface area contributed by atoms with Crippen LogP contribution in [-0.2, 0) is 11.3 Å². The lowest BCUT2D eigenvalue weighted by Crippen LogP contribution is -2.50. The summed E-state index contributed by atoms with van der Waals surface area (Å²) in [6, 6.07) is 14.0. The number of phenols is 1. The molecule has 0 saturated carbocycles. The van der Waals surface area contributed by atoms with Gasteiger partial charge in [-0.05, 0) is 61.6 Å². The van der Waals surface area contributed by atoms with Crippen molar-refractivity contribution in [2.24, 2.45) is 5.92 Å². The van der Waals surface area contributed by atoms with Crippen molar-refractivity contribution in [2.45, 2.75) is 44.3 Å². The molecule has 1 amide bonds. The van der Waals surface area contributed by atoms with Gasteiger partial charge in [0, 0.05) is 25.0 Å². The number of hydrogen-bond acceptors (Lipinski definition) is 4. The van der Waals surface area contributed by atoms with E-state index in [9.17, 15) is 9.90 Å². The summed E-state index contributed by atoms with van der Waals surface area (Å²) in [4.78, 5) is 18.2. The van der Waals surface area contributed by atoms with Crippen molar-refractivity contribution in [3.8, 4) is 11.5 Å². The number of aromatic hydroxyl groups is 1. The molecule has 0 aromatic heterocycles. The first kappa shape index (κ1) is 20.1. The van der Waals surface area contributed by atoms with Gasteiger partial charge in [-0.25, -0.2) is 0 Å². The van der Waals surface area contributed by atoms with Crippen molar-refractivity contribution in [1.29, 1.82) is 0 Å². The van der Waals surface area contributed by atoms with Gasteiger partial charge in [-0.3, -0.25) is 9.69 Å². The first-order valence-corrected chi connectivity index (χ1v) is 11.2. The largest absolute Gasteiger partial charge is 0.504 e. The Labute approximate surface area is 183 Å². The number of ether oxygens (including phenoxy) is 1. The number of rotatable bonds is 5. The Morgan fingerprint density at radius 1 is 1.26 bits per heavy atom. The maximum Gasteiger partial charge on any atom is 0.243 e. The summed E-state index contributed by atoms with van der Waals surface area (Å²) < 4.78 is 5.22. The van der Waals surface area contributed by atoms with E-state index in [-0.39, 0.29) is 17.3 Å². The predicted molar refractivity (Wildman–Crippen MR) is 121 cm³/mol. The average molecular weight is 419 g/mol. The Kier molecular flexibility index (Phi) is 5.01. The molecule has 5 rings (SSSR count). The van der Waals surface area contributed by atoms with Gasteiger partial charge in [0.25, 0.3) is 0 Å². The van der Waals surface area contributed by atoms with Gasteiger partial charge in [-0.2, -0.15) is 0 Å². The molecule has 3 saturated heterocycles. The molecule has 3 atom stereocenters. The number of nitrogens with zero attached hydrogens (tertiary/aromatic N) is 2. The molecular formula is C26H30N2O3. The predicted octanol–water partition coefficient (Wildman–Crippen LogP) is 3.99. The Balaban J connectivity index is 1.35. The lowest BCUT2D eigenvalue weighted by atomic mass is 9.85. The van der Waals surface area contributed by atoms with Crippen molar-refractivity contribution in [1.82, 2.24) is 9.80 Å². The Bertz CT molecular complexity index is 1030. The molecule has 3 aliphatic rings. The highest BCUT2D eigenvalue weighted by Gasteiger charge is 2.64. The maximum absolute atomic E-state index is 13.7. The fourth-order valence-corrected chi connectivity index (χ4v) is 5.96. The number of hydrogen-bond donors (Lipinski definition) is 1. The average Bonchev–Trinajstić information content (AvgIpc) is 3.40. The monoisotopic (exact) mass is 418 g/mol. The molecule has 5 heteroatoms. The molecule has 0 bridgehead atoms. The zero-order valence-electron chi connectivity index (χ0n) is 18.3. The van der Waals surface area contributed by atoms with Gasteiger partial charge >= 0.3 is 0 Å². The van der Waals surface area contributed by atoms with E-state index in [4.69, 9.17) is 4.74 Å². The van der Waals surface area contributed by atoms with Crippen molar-refractivity contribution < 1.29 is 14.6 Å². The van der Waals surface area contributed by atoms with Crippen molar-refractivity contribution >= 4 is 12.0 Å². The minimum atomic E-state index is -0.315. The van der Waals surface area contributed by atoms with E-state index in [1.165, 1.54) is 11.1 Å². The Morgan fingerprint density at radius 3 is 2.90 bits per heavy atom. The molecule has 0 unspecified atom stereocenters. The molecule has 0 radical (unpaired) electrons. The van der Waals surface area contributed by atoms with Crippen LogP contribution in [0.3, 0.4) is 0 Å². The molecule has 2 aromatic rings. The number of carbonyl (C=O) groups excluding carboxylic acids is 1. The van der Waals surface area contributed by atoms with Crippen molar-refractivity contribution in [2.75, 3.05) is 20.2 Å². The third-order valence-corrected chi connectivity index (χ3v) is 7.51. The standard InChI is InChI=1S/C26H30N2O3/c1-18-6-3-4-7-20(18)16-27-17-21-15-22(28-13-5-12-26(21,28)25(27)30)10-8-19-9-11-23(29)24(14-19)31-2/h3-4,6-11,14,21-22,29H,5,12-13,15-17H2,1-2H3/b10-8+/t21-,22+,26-/m0/s1. The zero-order valence-corrected chi connectivity index (χ0v) is 18.3. The normalized spacial score (nSPS) is 27.8. The van der Waals surface area contributed by atoms with Crippen molar-refractivity contribution in [3.05, 3.63) is 65.2 Å². The second kappa shape index (κ2) is 7.72. The van der Waals surface area contributed by atoms with Crippen LogP contribution >= 0.6 is 0 Å². The van der Waals surface area contributed by atoms with Crippen LogP contribution in [0.2, 0.25) is 0 Å². The fraction of sp³-hybridized carbons (Fsp3) is 0.423. The van der Waals surface area contributed by atoms with Gasteiger partial charge in [0.1, 0.15) is 5.54 Å². The van der Waals surface area contributed by atoms with Crippen LogP contribution in [0.1, 0.15) is 36.0 Å². The molecule has 162 valence electrons. The second-order valence-electron chi connectivity index (χ2n) is 9.12. The summed E-state index contributed by atoms with van der Waals surface area (Å²) in [5.41, 5.74) is 3.17. The number of methoxy groups -OCH3 is 1. The van der Waals surface area contributed by atoms with Gasteiger partial charge in [-0.1, -0.05) is 42.5 Å². The summed E-state index contributed by atoms with van der Waals surface area (Å²) in [5, 5.41) is 9.82. The van der Waals surface area contributed by atoms with Gasteiger partial charge in [0.2, 0.25) is 5.91 Å². The lowest BCUT2D eigenvalue weighted by molar-refractivity contribution is -0.137. The first-order chi connectivity index (χ1) is 15.0. The number of likely N-dealkylation sites (tertiary alicyclic amines) is 1. The van der Waals surface area contributed by atoms with Gasteiger partial charge < -0.3 is 14.7 Å². The van der Waals surface area contributed by atoms with Gasteiger partial charge in [0.15, 0.2) is 11.5 Å². The first-order valence-electron chi connectivity index (χ1n) is 11.2. The summed E-state index contributed by atoms with van der Waals surface area (Å²) in [6.07, 6.45) is 7.39. The molecule has 1 N–H and O–H groups in total. The Hall–Kier alpha value is -2.79. The Morgan fingerprint density at radius 2 is 2.10 bits per heavy atom. The van der Waals surface area contributed by atoms with Crippen LogP contribution in [0.25, 0.3) is 6.08 Å². The molecule has 1 spiro atoms. The van der Waals surface area contributed by atoms with Gasteiger partial charge in [-0.15, -0.1) is 0 Å². The van der Waals surface area contributed by atoms with Crippen LogP contribution < -0.4 is 4.74 Å². The highest BCUT2D eigenvalue weighted by atomic mass is 16.5. The number of phenolic OH excluding ortho intramolecular Hbond substituents is 1. The van der Waals surface area contributed by atoms with E-state index in [1.807, 2.05) is 12.1 Å². The van der Waals surface area contributed by atoms with E-state index in [0.29, 0.717) is 24.1 Å². The highest BCUT2D eigenvalue weighted by molar-refractivity contribution is 5.90. The molecule has 31 heavy (non-hydrogen) atoms. The summed E-state index contributed by atoms with van der Waals surface area (Å²) >= 11 is 0. The lowest BCUT2D eigenvalue weighted by Gasteiger charge is -2.32. The summed E-state index contributed by atoms with van der Waals surface area (Å²) in [6.45, 7) is 4.66. The molecule has 3 aliphatic heterocycles. The number of benzene rings is 2. The van der Waals surface area contributed by atoms with Crippen LogP contribution in [0.4, 0.5) is 0 Å². The summed E-state index contributed by atoms with van der Waals surface area (Å²) in [5.74, 6) is 1.33. The molecule has 2 aromatic carbocycles. The molecular weight excluding hydrogens is 388 g/mol. The minimum Gasteiger partial charge on any atom is -0.504 e. The van der Waals surface area contributed by atoms with Crippen LogP contribution in [-0.4, -0.2) is 52.6 Å². The van der Waals surface area contributed by atoms with Crippen LogP contribution in [0, 0.1) is 12.8 Å². The zero-order chi connectivity index (χ0) is 21.6.